The van der Waals surface area contributed by atoms with Gasteiger partial charge in [-0.3, -0.25) is 0 Å². The molecule has 0 amide bonds. The number of aromatic carboxylic acids is 1. The maximum Gasteiger partial charge on any atom is 0.356 e. The Morgan fingerprint density at radius 1 is 1.47 bits per heavy atom. The van der Waals surface area contributed by atoms with E-state index in [-0.39, 0.29) is 17.8 Å². The van der Waals surface area contributed by atoms with E-state index in [1.165, 1.54) is 6.07 Å². The van der Waals surface area contributed by atoms with Crippen molar-refractivity contribution in [1.82, 2.24) is 15.1 Å². The van der Waals surface area contributed by atoms with Crippen LogP contribution in [0.1, 0.15) is 16.9 Å². The van der Waals surface area contributed by atoms with Crippen LogP contribution in [0.15, 0.2) is 12.1 Å². The molecule has 1 aromatic heterocycles. The summed E-state index contributed by atoms with van der Waals surface area (Å²) in [5.41, 5.74) is -0.0762. The summed E-state index contributed by atoms with van der Waals surface area (Å²) < 4.78 is 0. The molecule has 0 radical (unpaired) electrons. The summed E-state index contributed by atoms with van der Waals surface area (Å²) >= 11 is 0. The van der Waals surface area contributed by atoms with Gasteiger partial charge in [0.2, 0.25) is 0 Å². The molecule has 2 heterocycles. The topological polar surface area (TPSA) is 89.8 Å². The molecule has 7 nitrogen and oxygen atoms in total. The fraction of sp³-hybridized carbons (Fsp3) is 0.583. The summed E-state index contributed by atoms with van der Waals surface area (Å²) in [7, 11) is 3.95. The van der Waals surface area contributed by atoms with Crippen molar-refractivity contribution < 1.29 is 15.0 Å². The second-order valence-electron chi connectivity index (χ2n) is 5.04. The first-order valence-electron chi connectivity index (χ1n) is 6.14. The molecule has 1 saturated heterocycles. The van der Waals surface area contributed by atoms with Crippen LogP contribution in [-0.4, -0.2) is 70.6 Å². The van der Waals surface area contributed by atoms with Gasteiger partial charge in [0.1, 0.15) is 0 Å². The Bertz CT molecular complexity index is 449. The highest BCUT2D eigenvalue weighted by molar-refractivity contribution is 5.85. The number of nitrogens with zero attached hydrogens (tertiary/aromatic N) is 4. The lowest BCUT2D eigenvalue weighted by Crippen LogP contribution is -2.38. The van der Waals surface area contributed by atoms with E-state index < -0.39 is 5.97 Å². The number of carboxylic acids is 1. The highest BCUT2D eigenvalue weighted by Crippen LogP contribution is 2.24. The predicted molar refractivity (Wildman–Crippen MR) is 69.3 cm³/mol. The number of β-amino-alcohol motifs (C(OH)–C–C–N with tert-alkyl or cyclic N) is 1. The lowest BCUT2D eigenvalue weighted by molar-refractivity contribution is 0.0689. The van der Waals surface area contributed by atoms with Crippen molar-refractivity contribution >= 4 is 11.8 Å². The van der Waals surface area contributed by atoms with E-state index in [1.54, 1.807) is 6.07 Å². The van der Waals surface area contributed by atoms with Gasteiger partial charge < -0.3 is 20.0 Å². The van der Waals surface area contributed by atoms with Crippen molar-refractivity contribution in [2.45, 2.75) is 18.6 Å². The van der Waals surface area contributed by atoms with Gasteiger partial charge in [0.15, 0.2) is 11.5 Å². The molecule has 2 rings (SSSR count). The van der Waals surface area contributed by atoms with Crippen LogP contribution in [0.5, 0.6) is 0 Å². The molecule has 0 aliphatic carbocycles. The Morgan fingerprint density at radius 2 is 2.21 bits per heavy atom. The molecule has 2 N–H and O–H groups in total. The number of aliphatic hydroxyl groups is 1. The minimum atomic E-state index is -1.09. The van der Waals surface area contributed by atoms with Gasteiger partial charge in [0.25, 0.3) is 0 Å². The van der Waals surface area contributed by atoms with Crippen LogP contribution in [0.3, 0.4) is 0 Å². The average molecular weight is 266 g/mol. The fourth-order valence-electron chi connectivity index (χ4n) is 2.36. The minimum Gasteiger partial charge on any atom is -0.476 e. The van der Waals surface area contributed by atoms with Crippen LogP contribution in [-0.2, 0) is 0 Å². The molecule has 1 fully saturated rings. The average Bonchev–Trinajstić information content (AvgIpc) is 2.69. The number of carbonyl (C=O) groups is 1. The molecule has 2 unspecified atom stereocenters. The molecule has 1 aliphatic rings. The van der Waals surface area contributed by atoms with E-state index in [2.05, 4.69) is 15.1 Å². The number of likely N-dealkylation sites (N-methyl/N-ethyl adjacent to an activating group) is 1. The van der Waals surface area contributed by atoms with E-state index in [1.807, 2.05) is 19.0 Å². The highest BCUT2D eigenvalue weighted by atomic mass is 16.4. The van der Waals surface area contributed by atoms with E-state index in [9.17, 15) is 9.90 Å². The van der Waals surface area contributed by atoms with E-state index in [0.29, 0.717) is 18.8 Å². The van der Waals surface area contributed by atoms with Crippen molar-refractivity contribution in [3.05, 3.63) is 17.8 Å². The van der Waals surface area contributed by atoms with Crippen LogP contribution < -0.4 is 4.90 Å². The lowest BCUT2D eigenvalue weighted by Gasteiger charge is -2.27. The second kappa shape index (κ2) is 5.50. The van der Waals surface area contributed by atoms with Gasteiger partial charge in [-0.2, -0.15) is 0 Å². The number of aromatic nitrogens is 2. The normalized spacial score (nSPS) is 23.1. The van der Waals surface area contributed by atoms with Gasteiger partial charge in [-0.1, -0.05) is 0 Å². The van der Waals surface area contributed by atoms with Gasteiger partial charge >= 0.3 is 5.97 Å². The van der Waals surface area contributed by atoms with Gasteiger partial charge in [-0.05, 0) is 32.6 Å². The molecule has 0 bridgehead atoms. The molecule has 1 aliphatic heterocycles. The Hall–Kier alpha value is -1.73. The monoisotopic (exact) mass is 266 g/mol. The number of rotatable bonds is 4. The zero-order valence-electron chi connectivity index (χ0n) is 11.0. The SMILES string of the molecule is CN(C)CC1CC(O)CN1c1ccc(C(=O)O)nn1. The molecule has 0 spiro atoms. The van der Waals surface area contributed by atoms with E-state index in [0.717, 1.165) is 6.54 Å². The number of carboxylic acid groups (broad SMARTS) is 1. The third-order valence-electron chi connectivity index (χ3n) is 3.13. The molecule has 1 aromatic rings. The predicted octanol–water partition coefficient (Wildman–Crippen LogP) is -0.324. The van der Waals surface area contributed by atoms with Crippen LogP contribution in [0.25, 0.3) is 0 Å². The Balaban J connectivity index is 2.16. The van der Waals surface area contributed by atoms with Crippen molar-refractivity contribution in [2.24, 2.45) is 0 Å². The minimum absolute atomic E-state index is 0.0762. The second-order valence-corrected chi connectivity index (χ2v) is 5.04. The van der Waals surface area contributed by atoms with Crippen molar-refractivity contribution in [2.75, 3.05) is 32.1 Å². The molecule has 0 saturated carbocycles. The summed E-state index contributed by atoms with van der Waals surface area (Å²) in [5, 5.41) is 26.2. The molecule has 0 aromatic carbocycles. The summed E-state index contributed by atoms with van der Waals surface area (Å²) in [6.07, 6.45) is 0.298. The van der Waals surface area contributed by atoms with Crippen LogP contribution in [0.4, 0.5) is 5.82 Å². The number of hydrogen-bond donors (Lipinski definition) is 2. The smallest absolute Gasteiger partial charge is 0.356 e. The standard InChI is InChI=1S/C12H18N4O3/c1-15(2)6-8-5-9(17)7-16(8)11-4-3-10(12(18)19)13-14-11/h3-4,8-9,17H,5-7H2,1-2H3,(H,18,19). The zero-order valence-corrected chi connectivity index (χ0v) is 11.0. The molecular weight excluding hydrogens is 248 g/mol. The van der Waals surface area contributed by atoms with Crippen LogP contribution in [0, 0.1) is 0 Å². The Labute approximate surface area is 111 Å². The van der Waals surface area contributed by atoms with Crippen LogP contribution in [0.2, 0.25) is 0 Å². The first kappa shape index (κ1) is 13.7. The Kier molecular flexibility index (Phi) is 3.96. The summed E-state index contributed by atoms with van der Waals surface area (Å²) in [5.74, 6) is -0.487. The Morgan fingerprint density at radius 3 is 2.74 bits per heavy atom. The number of aliphatic hydroxyl groups excluding tert-OH is 1. The van der Waals surface area contributed by atoms with Gasteiger partial charge in [0.05, 0.1) is 6.10 Å². The number of anilines is 1. The van der Waals surface area contributed by atoms with E-state index >= 15 is 0 Å². The van der Waals surface area contributed by atoms with Gasteiger partial charge in [-0.15, -0.1) is 10.2 Å². The molecular formula is C12H18N4O3. The largest absolute Gasteiger partial charge is 0.476 e. The summed E-state index contributed by atoms with van der Waals surface area (Å²) in [6.45, 7) is 1.30. The number of hydrogen-bond acceptors (Lipinski definition) is 6. The first-order valence-corrected chi connectivity index (χ1v) is 6.14. The molecule has 104 valence electrons. The summed E-state index contributed by atoms with van der Waals surface area (Å²) in [4.78, 5) is 14.8. The molecule has 2 atom stereocenters. The van der Waals surface area contributed by atoms with Crippen LogP contribution >= 0.6 is 0 Å². The van der Waals surface area contributed by atoms with Crippen molar-refractivity contribution in [1.29, 1.82) is 0 Å². The van der Waals surface area contributed by atoms with Gasteiger partial charge in [-0.25, -0.2) is 4.79 Å². The van der Waals surface area contributed by atoms with Crippen molar-refractivity contribution in [3.8, 4) is 0 Å². The van der Waals surface area contributed by atoms with Gasteiger partial charge in [0, 0.05) is 19.1 Å². The summed E-state index contributed by atoms with van der Waals surface area (Å²) in [6, 6.07) is 3.23. The molecule has 7 heteroatoms. The molecule has 19 heavy (non-hydrogen) atoms. The maximum absolute atomic E-state index is 10.7. The quantitative estimate of drug-likeness (QED) is 0.771. The lowest BCUT2D eigenvalue weighted by atomic mass is 10.2. The fourth-order valence-corrected chi connectivity index (χ4v) is 2.36. The third kappa shape index (κ3) is 3.18. The highest BCUT2D eigenvalue weighted by Gasteiger charge is 2.32. The third-order valence-corrected chi connectivity index (χ3v) is 3.13. The van der Waals surface area contributed by atoms with Crippen molar-refractivity contribution in [3.63, 3.8) is 0 Å². The first-order chi connectivity index (χ1) is 8.97. The zero-order chi connectivity index (χ0) is 14.0. The maximum atomic E-state index is 10.7. The van der Waals surface area contributed by atoms with E-state index in [4.69, 9.17) is 5.11 Å².